The first-order valence-electron chi connectivity index (χ1n) is 4.94. The van der Waals surface area contributed by atoms with E-state index in [9.17, 15) is 14.0 Å². The van der Waals surface area contributed by atoms with Gasteiger partial charge in [-0.1, -0.05) is 0 Å². The standard InChI is InChI=1S/C12H8FNO4/c13-9-5-7(12(16)17)1-2-10(9)14-11(15)8-3-4-18-6-8/h1-6H,(H,14,15)(H,16,17). The Morgan fingerprint density at radius 2 is 2.00 bits per heavy atom. The number of anilines is 1. The lowest BCUT2D eigenvalue weighted by atomic mass is 10.2. The number of hydrogen-bond acceptors (Lipinski definition) is 3. The van der Waals surface area contributed by atoms with Crippen molar-refractivity contribution in [3.05, 3.63) is 53.7 Å². The van der Waals surface area contributed by atoms with E-state index in [1.54, 1.807) is 0 Å². The summed E-state index contributed by atoms with van der Waals surface area (Å²) in [6.07, 6.45) is 2.54. The fourth-order valence-electron chi connectivity index (χ4n) is 1.34. The summed E-state index contributed by atoms with van der Waals surface area (Å²) < 4.78 is 18.2. The van der Waals surface area contributed by atoms with E-state index < -0.39 is 17.7 Å². The van der Waals surface area contributed by atoms with E-state index >= 15 is 0 Å². The molecule has 1 heterocycles. The summed E-state index contributed by atoms with van der Waals surface area (Å²) in [5.74, 6) is -2.58. The quantitative estimate of drug-likeness (QED) is 0.875. The first-order valence-corrected chi connectivity index (χ1v) is 4.94. The minimum atomic E-state index is -1.23. The van der Waals surface area contributed by atoms with Gasteiger partial charge in [-0.2, -0.15) is 0 Å². The third-order valence-electron chi connectivity index (χ3n) is 2.25. The van der Waals surface area contributed by atoms with Crippen molar-refractivity contribution in [3.8, 4) is 0 Å². The Morgan fingerprint density at radius 3 is 2.56 bits per heavy atom. The molecule has 2 N–H and O–H groups in total. The number of carbonyl (C=O) groups excluding carboxylic acids is 1. The highest BCUT2D eigenvalue weighted by molar-refractivity contribution is 6.04. The second-order valence-electron chi connectivity index (χ2n) is 3.47. The highest BCUT2D eigenvalue weighted by Crippen LogP contribution is 2.17. The second-order valence-corrected chi connectivity index (χ2v) is 3.47. The van der Waals surface area contributed by atoms with Crippen LogP contribution in [0.15, 0.2) is 41.2 Å². The summed E-state index contributed by atoms with van der Waals surface area (Å²) in [5, 5.41) is 11.0. The Hall–Kier alpha value is -2.63. The van der Waals surface area contributed by atoms with Gasteiger partial charge in [0.05, 0.1) is 23.1 Å². The topological polar surface area (TPSA) is 79.5 Å². The molecule has 0 aliphatic rings. The third kappa shape index (κ3) is 2.37. The zero-order valence-electron chi connectivity index (χ0n) is 9.01. The van der Waals surface area contributed by atoms with Crippen molar-refractivity contribution in [2.45, 2.75) is 0 Å². The fraction of sp³-hybridized carbons (Fsp3) is 0. The number of halogens is 1. The van der Waals surface area contributed by atoms with Crippen LogP contribution in [0, 0.1) is 5.82 Å². The van der Waals surface area contributed by atoms with Crippen molar-refractivity contribution < 1.29 is 23.5 Å². The number of rotatable bonds is 3. The molecule has 5 nitrogen and oxygen atoms in total. The molecule has 0 spiro atoms. The van der Waals surface area contributed by atoms with Gasteiger partial charge in [0, 0.05) is 0 Å². The van der Waals surface area contributed by atoms with Crippen LogP contribution < -0.4 is 5.32 Å². The van der Waals surface area contributed by atoms with Crippen LogP contribution in [0.2, 0.25) is 0 Å². The van der Waals surface area contributed by atoms with Crippen molar-refractivity contribution in [2.24, 2.45) is 0 Å². The van der Waals surface area contributed by atoms with Gasteiger partial charge in [-0.3, -0.25) is 4.79 Å². The van der Waals surface area contributed by atoms with Gasteiger partial charge >= 0.3 is 5.97 Å². The number of nitrogens with one attached hydrogen (secondary N) is 1. The van der Waals surface area contributed by atoms with Gasteiger partial charge in [0.25, 0.3) is 5.91 Å². The maximum Gasteiger partial charge on any atom is 0.335 e. The van der Waals surface area contributed by atoms with Crippen LogP contribution in [-0.4, -0.2) is 17.0 Å². The summed E-state index contributed by atoms with van der Waals surface area (Å²) in [4.78, 5) is 22.2. The maximum absolute atomic E-state index is 13.5. The Labute approximate surface area is 101 Å². The largest absolute Gasteiger partial charge is 0.478 e. The van der Waals surface area contributed by atoms with Crippen molar-refractivity contribution in [1.29, 1.82) is 0 Å². The SMILES string of the molecule is O=C(O)c1ccc(NC(=O)c2ccoc2)c(F)c1. The molecule has 1 amide bonds. The summed E-state index contributed by atoms with van der Waals surface area (Å²) in [5.41, 5.74) is -0.0308. The van der Waals surface area contributed by atoms with Gasteiger partial charge in [0.1, 0.15) is 12.1 Å². The zero-order chi connectivity index (χ0) is 13.1. The fourth-order valence-corrected chi connectivity index (χ4v) is 1.34. The molecule has 92 valence electrons. The van der Waals surface area contributed by atoms with Crippen LogP contribution in [0.25, 0.3) is 0 Å². The molecule has 6 heteroatoms. The lowest BCUT2D eigenvalue weighted by molar-refractivity contribution is 0.0696. The average molecular weight is 249 g/mol. The lowest BCUT2D eigenvalue weighted by Gasteiger charge is -2.05. The Bertz CT molecular complexity index is 592. The molecular formula is C12H8FNO4. The Balaban J connectivity index is 2.20. The number of furan rings is 1. The predicted octanol–water partition coefficient (Wildman–Crippen LogP) is 2.37. The molecule has 2 rings (SSSR count). The summed E-state index contributed by atoms with van der Waals surface area (Å²) in [7, 11) is 0. The first-order chi connectivity index (χ1) is 8.58. The zero-order valence-corrected chi connectivity index (χ0v) is 9.01. The van der Waals surface area contributed by atoms with Gasteiger partial charge in [-0.15, -0.1) is 0 Å². The molecule has 0 saturated carbocycles. The molecule has 2 aromatic rings. The van der Waals surface area contributed by atoms with Gasteiger partial charge < -0.3 is 14.8 Å². The number of benzene rings is 1. The van der Waals surface area contributed by atoms with Crippen LogP contribution in [0.3, 0.4) is 0 Å². The molecular weight excluding hydrogens is 241 g/mol. The minimum absolute atomic E-state index is 0.0915. The normalized spacial score (nSPS) is 10.1. The van der Waals surface area contributed by atoms with Gasteiger partial charge in [-0.05, 0) is 24.3 Å². The van der Waals surface area contributed by atoms with Crippen molar-refractivity contribution in [1.82, 2.24) is 0 Å². The number of amides is 1. The summed E-state index contributed by atoms with van der Waals surface area (Å²) >= 11 is 0. The average Bonchev–Trinajstić information content (AvgIpc) is 2.85. The molecule has 0 fully saturated rings. The number of carboxylic acid groups (broad SMARTS) is 1. The van der Waals surface area contributed by atoms with Crippen LogP contribution in [0.1, 0.15) is 20.7 Å². The highest BCUT2D eigenvalue weighted by atomic mass is 19.1. The molecule has 18 heavy (non-hydrogen) atoms. The monoisotopic (exact) mass is 249 g/mol. The van der Waals surface area contributed by atoms with Gasteiger partial charge in [-0.25, -0.2) is 9.18 Å². The molecule has 0 aliphatic carbocycles. The van der Waals surface area contributed by atoms with E-state index in [0.717, 1.165) is 6.07 Å². The van der Waals surface area contributed by atoms with Crippen molar-refractivity contribution >= 4 is 17.6 Å². The Kier molecular flexibility index (Phi) is 3.09. The molecule has 0 aliphatic heterocycles. The van der Waals surface area contributed by atoms with E-state index in [0.29, 0.717) is 0 Å². The molecule has 0 atom stereocenters. The number of aromatic carboxylic acids is 1. The molecule has 0 radical (unpaired) electrons. The molecule has 1 aromatic heterocycles. The van der Waals surface area contributed by atoms with Crippen LogP contribution in [-0.2, 0) is 0 Å². The Morgan fingerprint density at radius 1 is 1.22 bits per heavy atom. The van der Waals surface area contributed by atoms with Crippen molar-refractivity contribution in [3.63, 3.8) is 0 Å². The van der Waals surface area contributed by atoms with E-state index in [4.69, 9.17) is 9.52 Å². The van der Waals surface area contributed by atoms with E-state index in [1.807, 2.05) is 0 Å². The minimum Gasteiger partial charge on any atom is -0.478 e. The smallest absolute Gasteiger partial charge is 0.335 e. The van der Waals surface area contributed by atoms with Gasteiger partial charge in [0.2, 0.25) is 0 Å². The lowest BCUT2D eigenvalue weighted by Crippen LogP contribution is -2.12. The molecule has 0 saturated heterocycles. The van der Waals surface area contributed by atoms with Crippen LogP contribution in [0.5, 0.6) is 0 Å². The molecule has 1 aromatic carbocycles. The summed E-state index contributed by atoms with van der Waals surface area (Å²) in [6, 6.07) is 4.67. The van der Waals surface area contributed by atoms with Crippen LogP contribution in [0.4, 0.5) is 10.1 Å². The van der Waals surface area contributed by atoms with Crippen molar-refractivity contribution in [2.75, 3.05) is 5.32 Å². The summed E-state index contributed by atoms with van der Waals surface area (Å²) in [6.45, 7) is 0. The van der Waals surface area contributed by atoms with E-state index in [1.165, 1.54) is 30.7 Å². The number of carbonyl (C=O) groups is 2. The number of hydrogen-bond donors (Lipinski definition) is 2. The highest BCUT2D eigenvalue weighted by Gasteiger charge is 2.12. The van der Waals surface area contributed by atoms with E-state index in [2.05, 4.69) is 5.32 Å². The number of carboxylic acids is 1. The van der Waals surface area contributed by atoms with E-state index in [-0.39, 0.29) is 16.8 Å². The predicted molar refractivity (Wildman–Crippen MR) is 60.0 cm³/mol. The molecule has 0 unspecified atom stereocenters. The maximum atomic E-state index is 13.5. The van der Waals surface area contributed by atoms with Gasteiger partial charge in [0.15, 0.2) is 0 Å². The molecule has 0 bridgehead atoms. The third-order valence-corrected chi connectivity index (χ3v) is 2.25. The first kappa shape index (κ1) is 11.8. The second kappa shape index (κ2) is 4.70. The van der Waals surface area contributed by atoms with Crippen LogP contribution >= 0.6 is 0 Å².